The molecule has 0 N–H and O–H groups in total. The van der Waals surface area contributed by atoms with E-state index in [0.717, 1.165) is 37.2 Å². The molecule has 4 aliphatic rings. The van der Waals surface area contributed by atoms with E-state index in [9.17, 15) is 0 Å². The van der Waals surface area contributed by atoms with Gasteiger partial charge in [0.1, 0.15) is 12.4 Å². The van der Waals surface area contributed by atoms with Gasteiger partial charge < -0.3 is 14.2 Å². The molecule has 0 amide bonds. The molecule has 4 heteroatoms. The third kappa shape index (κ3) is 2.97. The molecule has 0 unspecified atom stereocenters. The molecule has 1 saturated heterocycles. The van der Waals surface area contributed by atoms with Gasteiger partial charge in [-0.3, -0.25) is 0 Å². The molecule has 1 spiro atoms. The number of rotatable bonds is 4. The summed E-state index contributed by atoms with van der Waals surface area (Å²) in [6.07, 6.45) is 9.14. The van der Waals surface area contributed by atoms with Crippen LogP contribution in [0.25, 0.3) is 0 Å². The topological polar surface area (TPSA) is 27.7 Å². The van der Waals surface area contributed by atoms with Crippen molar-refractivity contribution in [3.05, 3.63) is 35.9 Å². The Morgan fingerprint density at radius 3 is 2.60 bits per heavy atom. The highest BCUT2D eigenvalue weighted by atomic mass is 28.3. The zero-order valence-corrected chi connectivity index (χ0v) is 20.3. The Balaban J connectivity index is 1.50. The highest BCUT2D eigenvalue weighted by Crippen LogP contribution is 2.66. The summed E-state index contributed by atoms with van der Waals surface area (Å²) >= 11 is 0. The smallest absolute Gasteiger partial charge is 0.174 e. The predicted molar refractivity (Wildman–Crippen MR) is 124 cm³/mol. The van der Waals surface area contributed by atoms with Gasteiger partial charge >= 0.3 is 0 Å². The van der Waals surface area contributed by atoms with E-state index in [4.69, 9.17) is 14.2 Å². The molecule has 5 rings (SSSR count). The van der Waals surface area contributed by atoms with Crippen molar-refractivity contribution < 1.29 is 14.2 Å². The minimum absolute atomic E-state index is 0.177. The maximum Gasteiger partial charge on any atom is 0.174 e. The summed E-state index contributed by atoms with van der Waals surface area (Å²) in [7, 11) is -1.51. The van der Waals surface area contributed by atoms with Crippen molar-refractivity contribution in [1.82, 2.24) is 0 Å². The van der Waals surface area contributed by atoms with Crippen LogP contribution in [0.5, 0.6) is 5.75 Å². The second-order valence-corrected chi connectivity index (χ2v) is 16.3. The zero-order valence-electron chi connectivity index (χ0n) is 19.3. The summed E-state index contributed by atoms with van der Waals surface area (Å²) in [5.41, 5.74) is 3.34. The minimum Gasteiger partial charge on any atom is -0.490 e. The molecule has 0 aromatic heterocycles. The number of benzene rings is 1. The minimum atomic E-state index is -1.51. The lowest BCUT2D eigenvalue weighted by Gasteiger charge is -2.53. The van der Waals surface area contributed by atoms with Crippen LogP contribution in [0, 0.1) is 17.3 Å². The van der Waals surface area contributed by atoms with Gasteiger partial charge in [0.2, 0.25) is 0 Å². The fourth-order valence-electron chi connectivity index (χ4n) is 7.34. The van der Waals surface area contributed by atoms with Gasteiger partial charge in [-0.15, -0.1) is 0 Å². The number of aryl methyl sites for hydroxylation is 1. The molecule has 3 aliphatic carbocycles. The highest BCUT2D eigenvalue weighted by molar-refractivity contribution is 6.89. The Kier molecular flexibility index (Phi) is 5.00. The van der Waals surface area contributed by atoms with Crippen LogP contribution in [0.1, 0.15) is 56.1 Å². The van der Waals surface area contributed by atoms with E-state index in [0.29, 0.717) is 12.5 Å². The van der Waals surface area contributed by atoms with Gasteiger partial charge in [-0.2, -0.15) is 0 Å². The largest absolute Gasteiger partial charge is 0.490 e. The molecule has 3 nitrogen and oxygen atoms in total. The summed E-state index contributed by atoms with van der Waals surface area (Å²) in [5.74, 6) is 2.98. The van der Waals surface area contributed by atoms with Crippen LogP contribution in [-0.4, -0.2) is 33.7 Å². The second-order valence-electron chi connectivity index (χ2n) is 11.3. The van der Waals surface area contributed by atoms with Crippen molar-refractivity contribution >= 4 is 13.3 Å². The van der Waals surface area contributed by atoms with E-state index in [2.05, 4.69) is 45.3 Å². The van der Waals surface area contributed by atoms with E-state index < -0.39 is 8.07 Å². The Hall–Kier alpha value is -1.10. The Labute approximate surface area is 183 Å². The van der Waals surface area contributed by atoms with Gasteiger partial charge in [-0.1, -0.05) is 45.3 Å². The summed E-state index contributed by atoms with van der Waals surface area (Å²) < 4.78 is 18.7. The average Bonchev–Trinajstić information content (AvgIpc) is 3.31. The van der Waals surface area contributed by atoms with Crippen molar-refractivity contribution in [2.24, 2.45) is 17.3 Å². The Morgan fingerprint density at radius 1 is 1.13 bits per heavy atom. The molecule has 0 radical (unpaired) electrons. The molecule has 2 saturated carbocycles. The van der Waals surface area contributed by atoms with Gasteiger partial charge in [-0.05, 0) is 72.2 Å². The highest BCUT2D eigenvalue weighted by Gasteiger charge is 2.65. The summed E-state index contributed by atoms with van der Waals surface area (Å²) in [6, 6.07) is 4.95. The predicted octanol–water partition coefficient (Wildman–Crippen LogP) is 5.40. The molecule has 0 bridgehead atoms. The van der Waals surface area contributed by atoms with Gasteiger partial charge in [0.25, 0.3) is 0 Å². The number of hydrogen-bond donors (Lipinski definition) is 0. The molecule has 3 fully saturated rings. The number of hydrogen-bond acceptors (Lipinski definition) is 3. The third-order valence-corrected chi connectivity index (χ3v) is 10.8. The molecular weight excluding hydrogens is 388 g/mol. The summed E-state index contributed by atoms with van der Waals surface area (Å²) in [5, 5.41) is 1.47. The first-order chi connectivity index (χ1) is 14.3. The lowest BCUT2D eigenvalue weighted by atomic mass is 9.55. The first-order valence-corrected chi connectivity index (χ1v) is 15.5. The molecule has 1 aromatic rings. The van der Waals surface area contributed by atoms with E-state index in [1.807, 2.05) is 6.08 Å². The molecule has 30 heavy (non-hydrogen) atoms. The van der Waals surface area contributed by atoms with Crippen molar-refractivity contribution in [1.29, 1.82) is 0 Å². The summed E-state index contributed by atoms with van der Waals surface area (Å²) in [6.45, 7) is 15.7. The fourth-order valence-corrected chi connectivity index (χ4v) is 8.81. The zero-order chi connectivity index (χ0) is 21.1. The number of fused-ring (bicyclic) bond motifs is 6. The molecule has 164 valence electrons. The van der Waals surface area contributed by atoms with Crippen LogP contribution >= 0.6 is 0 Å². The second kappa shape index (κ2) is 7.21. The molecule has 1 aromatic carbocycles. The van der Waals surface area contributed by atoms with Crippen LogP contribution in [0.15, 0.2) is 24.8 Å². The van der Waals surface area contributed by atoms with Crippen LogP contribution < -0.4 is 9.92 Å². The SMILES string of the molecule is C=CCOc1cc2c(cc1[Si](C)(C)C)[C@H]1CC[C@@]3(C)[C@@H](CCC34OCCO4)[C@@H]1CC2. The molecule has 4 atom stereocenters. The monoisotopic (exact) mass is 426 g/mol. The van der Waals surface area contributed by atoms with Crippen LogP contribution in [-0.2, 0) is 15.9 Å². The molecule has 1 heterocycles. The maximum absolute atomic E-state index is 6.30. The lowest BCUT2D eigenvalue weighted by molar-refractivity contribution is -0.237. The van der Waals surface area contributed by atoms with Crippen LogP contribution in [0.4, 0.5) is 0 Å². The number of ether oxygens (including phenoxy) is 3. The van der Waals surface area contributed by atoms with E-state index in [1.54, 1.807) is 5.56 Å². The van der Waals surface area contributed by atoms with E-state index >= 15 is 0 Å². The molecule has 1 aliphatic heterocycles. The van der Waals surface area contributed by atoms with Crippen LogP contribution in [0.2, 0.25) is 19.6 Å². The van der Waals surface area contributed by atoms with Gasteiger partial charge in [0, 0.05) is 11.8 Å². The Morgan fingerprint density at radius 2 is 1.90 bits per heavy atom. The first kappa shape index (κ1) is 20.8. The third-order valence-electron chi connectivity index (χ3n) is 8.79. The van der Waals surface area contributed by atoms with Gasteiger partial charge in [-0.25, -0.2) is 0 Å². The van der Waals surface area contributed by atoms with Crippen molar-refractivity contribution in [2.75, 3.05) is 19.8 Å². The normalized spacial score (nSPS) is 34.3. The standard InChI is InChI=1S/C26H38O3Si/c1-6-13-27-23-16-18-7-8-20-19(21(18)17-24(23)30(3,4)5)9-11-25(2)22(20)10-12-26(25)28-14-15-29-26/h6,16-17,19-20,22H,1,7-15H2,2-5H3/t19-,20+,22-,25-/m0/s1. The average molecular weight is 427 g/mol. The maximum atomic E-state index is 6.30. The van der Waals surface area contributed by atoms with Crippen LogP contribution in [0.3, 0.4) is 0 Å². The van der Waals surface area contributed by atoms with Gasteiger partial charge in [0.05, 0.1) is 21.3 Å². The Bertz CT molecular complexity index is 835. The molecular formula is C26H38O3Si. The quantitative estimate of drug-likeness (QED) is 0.477. The first-order valence-electron chi connectivity index (χ1n) is 12.0. The lowest BCUT2D eigenvalue weighted by Crippen LogP contribution is -2.51. The van der Waals surface area contributed by atoms with Gasteiger partial charge in [0.15, 0.2) is 5.79 Å². The van der Waals surface area contributed by atoms with Crippen molar-refractivity contribution in [3.8, 4) is 5.75 Å². The van der Waals surface area contributed by atoms with E-state index in [-0.39, 0.29) is 11.2 Å². The van der Waals surface area contributed by atoms with Crippen molar-refractivity contribution in [3.63, 3.8) is 0 Å². The van der Waals surface area contributed by atoms with Crippen molar-refractivity contribution in [2.45, 2.75) is 76.8 Å². The fraction of sp³-hybridized carbons (Fsp3) is 0.692. The van der Waals surface area contributed by atoms with E-state index in [1.165, 1.54) is 42.9 Å². The summed E-state index contributed by atoms with van der Waals surface area (Å²) in [4.78, 5) is 0.